The number of hydrogen-bond acceptors (Lipinski definition) is 7. The van der Waals surface area contributed by atoms with E-state index in [1.807, 2.05) is 6.92 Å². The fraction of sp³-hybridized carbons (Fsp3) is 0.538. The molecule has 0 aliphatic rings. The Hall–Kier alpha value is -2.26. The molecule has 0 amide bonds. The zero-order valence-corrected chi connectivity index (χ0v) is 23.2. The van der Waals surface area contributed by atoms with Gasteiger partial charge >= 0.3 is 0 Å². The van der Waals surface area contributed by atoms with Crippen LogP contribution in [0, 0.1) is 0 Å². The van der Waals surface area contributed by atoms with Crippen LogP contribution in [0.15, 0.2) is 36.4 Å². The second-order valence-corrected chi connectivity index (χ2v) is 14.8. The molecule has 0 fully saturated rings. The third kappa shape index (κ3) is 5.35. The van der Waals surface area contributed by atoms with Gasteiger partial charge in [0.15, 0.2) is 8.32 Å². The molecule has 2 unspecified atom stereocenters. The van der Waals surface area contributed by atoms with Crippen LogP contribution in [-0.4, -0.2) is 54.0 Å². The smallest absolute Gasteiger partial charge is 0.192 e. The SMILES string of the molecule is COc1ccc(OC)c(C(O)(c2cc(OC)ccc2OC)C(N)C(C)O[Si](C)(C)C(C)(C)C)c1. The maximum atomic E-state index is 12.6. The number of rotatable bonds is 10. The van der Waals surface area contributed by atoms with Crippen LogP contribution in [0.2, 0.25) is 18.1 Å². The predicted octanol–water partition coefficient (Wildman–Crippen LogP) is 4.69. The highest BCUT2D eigenvalue weighted by Gasteiger charge is 2.48. The lowest BCUT2D eigenvalue weighted by molar-refractivity contribution is 0.000901. The van der Waals surface area contributed by atoms with E-state index >= 15 is 0 Å². The van der Waals surface area contributed by atoms with Crippen LogP contribution < -0.4 is 24.7 Å². The molecule has 8 heteroatoms. The number of benzene rings is 2. The summed E-state index contributed by atoms with van der Waals surface area (Å²) in [5, 5.41) is 12.6. The summed E-state index contributed by atoms with van der Waals surface area (Å²) in [5.41, 5.74) is 6.02. The quantitative estimate of drug-likeness (QED) is 0.466. The largest absolute Gasteiger partial charge is 0.497 e. The van der Waals surface area contributed by atoms with Crippen LogP contribution >= 0.6 is 0 Å². The Balaban J connectivity index is 2.81. The Morgan fingerprint density at radius 1 is 0.794 bits per heavy atom. The minimum absolute atomic E-state index is 0.0274. The molecule has 0 saturated heterocycles. The van der Waals surface area contributed by atoms with Crippen molar-refractivity contribution in [3.8, 4) is 23.0 Å². The summed E-state index contributed by atoms with van der Waals surface area (Å²) >= 11 is 0. The van der Waals surface area contributed by atoms with Gasteiger partial charge in [0, 0.05) is 11.1 Å². The molecule has 0 radical (unpaired) electrons. The summed E-state index contributed by atoms with van der Waals surface area (Å²) in [5.74, 6) is 2.04. The first kappa shape index (κ1) is 28.0. The molecule has 0 aromatic heterocycles. The molecule has 2 atom stereocenters. The number of nitrogens with two attached hydrogens (primary N) is 1. The lowest BCUT2D eigenvalue weighted by Crippen LogP contribution is -2.57. The van der Waals surface area contributed by atoms with Gasteiger partial charge in [0.1, 0.15) is 28.6 Å². The highest BCUT2D eigenvalue weighted by molar-refractivity contribution is 6.74. The second kappa shape index (κ2) is 10.6. The van der Waals surface area contributed by atoms with Gasteiger partial charge in [0.2, 0.25) is 0 Å². The van der Waals surface area contributed by atoms with Crippen molar-refractivity contribution in [1.29, 1.82) is 0 Å². The van der Waals surface area contributed by atoms with Crippen molar-refractivity contribution in [3.63, 3.8) is 0 Å². The van der Waals surface area contributed by atoms with Gasteiger partial charge in [0.25, 0.3) is 0 Å². The van der Waals surface area contributed by atoms with E-state index in [1.54, 1.807) is 64.8 Å². The molecule has 2 rings (SSSR count). The fourth-order valence-electron chi connectivity index (χ4n) is 3.78. The van der Waals surface area contributed by atoms with Crippen molar-refractivity contribution in [2.75, 3.05) is 28.4 Å². The summed E-state index contributed by atoms with van der Waals surface area (Å²) in [6.07, 6.45) is -0.502. The van der Waals surface area contributed by atoms with E-state index in [0.29, 0.717) is 34.1 Å². The minimum atomic E-state index is -2.19. The molecule has 0 heterocycles. The monoisotopic (exact) mass is 491 g/mol. The number of ether oxygens (including phenoxy) is 4. The lowest BCUT2D eigenvalue weighted by atomic mass is 9.77. The van der Waals surface area contributed by atoms with Crippen molar-refractivity contribution in [2.24, 2.45) is 5.73 Å². The molecular formula is C26H41NO6Si. The molecule has 34 heavy (non-hydrogen) atoms. The molecule has 0 bridgehead atoms. The predicted molar refractivity (Wildman–Crippen MR) is 138 cm³/mol. The van der Waals surface area contributed by atoms with E-state index in [-0.39, 0.29) is 5.04 Å². The van der Waals surface area contributed by atoms with Gasteiger partial charge in [-0.3, -0.25) is 0 Å². The van der Waals surface area contributed by atoms with Gasteiger partial charge in [-0.25, -0.2) is 0 Å². The summed E-state index contributed by atoms with van der Waals surface area (Å²) in [6.45, 7) is 12.7. The zero-order chi connectivity index (χ0) is 25.9. The van der Waals surface area contributed by atoms with Crippen LogP contribution in [0.5, 0.6) is 23.0 Å². The van der Waals surface area contributed by atoms with E-state index in [9.17, 15) is 5.11 Å². The Morgan fingerprint density at radius 3 is 1.53 bits per heavy atom. The van der Waals surface area contributed by atoms with Crippen LogP contribution in [-0.2, 0) is 10.0 Å². The highest BCUT2D eigenvalue weighted by Crippen LogP contribution is 2.46. The van der Waals surface area contributed by atoms with Crippen LogP contribution in [0.1, 0.15) is 38.8 Å². The second-order valence-electron chi connectivity index (χ2n) is 10.0. The molecule has 0 spiro atoms. The van der Waals surface area contributed by atoms with Crippen molar-refractivity contribution < 1.29 is 28.5 Å². The van der Waals surface area contributed by atoms with E-state index in [4.69, 9.17) is 29.1 Å². The maximum Gasteiger partial charge on any atom is 0.192 e. The van der Waals surface area contributed by atoms with Crippen LogP contribution in [0.25, 0.3) is 0 Å². The molecule has 3 N–H and O–H groups in total. The number of aliphatic hydroxyl groups is 1. The average molecular weight is 492 g/mol. The lowest BCUT2D eigenvalue weighted by Gasteiger charge is -2.44. The third-order valence-electron chi connectivity index (χ3n) is 6.91. The topological polar surface area (TPSA) is 92.4 Å². The van der Waals surface area contributed by atoms with E-state index in [2.05, 4.69) is 33.9 Å². The zero-order valence-electron chi connectivity index (χ0n) is 22.2. The van der Waals surface area contributed by atoms with Gasteiger partial charge in [-0.05, 0) is 61.5 Å². The number of methoxy groups -OCH3 is 4. The number of hydrogen-bond donors (Lipinski definition) is 2. The van der Waals surface area contributed by atoms with Crippen molar-refractivity contribution in [1.82, 2.24) is 0 Å². The highest BCUT2D eigenvalue weighted by atomic mass is 28.4. The molecule has 2 aromatic carbocycles. The molecule has 190 valence electrons. The molecular weight excluding hydrogens is 450 g/mol. The summed E-state index contributed by atoms with van der Waals surface area (Å²) in [4.78, 5) is 0. The van der Waals surface area contributed by atoms with Crippen LogP contribution in [0.4, 0.5) is 0 Å². The van der Waals surface area contributed by atoms with Crippen molar-refractivity contribution in [3.05, 3.63) is 47.5 Å². The van der Waals surface area contributed by atoms with Crippen molar-refractivity contribution >= 4 is 8.32 Å². The van der Waals surface area contributed by atoms with Gasteiger partial charge in [-0.2, -0.15) is 0 Å². The van der Waals surface area contributed by atoms with Gasteiger partial charge in [0.05, 0.1) is 40.6 Å². The normalized spacial score (nSPS) is 14.4. The standard InChI is InChI=1S/C26H41NO6Si/c1-17(33-34(9,10)25(2,3)4)24(27)26(28,20-15-18(29-5)11-13-22(20)31-7)21-16-19(30-6)12-14-23(21)32-8/h11-17,24,28H,27H2,1-10H3. The van der Waals surface area contributed by atoms with Crippen molar-refractivity contribution in [2.45, 2.75) is 63.6 Å². The Labute approximate surface area is 205 Å². The first-order chi connectivity index (χ1) is 15.8. The van der Waals surface area contributed by atoms with E-state index in [0.717, 1.165) is 0 Å². The average Bonchev–Trinajstić information content (AvgIpc) is 2.80. The van der Waals surface area contributed by atoms with E-state index < -0.39 is 26.1 Å². The van der Waals surface area contributed by atoms with Gasteiger partial charge < -0.3 is 34.2 Å². The summed E-state index contributed by atoms with van der Waals surface area (Å²) < 4.78 is 28.9. The maximum absolute atomic E-state index is 12.6. The molecule has 0 aliphatic carbocycles. The Morgan fingerprint density at radius 2 is 1.21 bits per heavy atom. The molecule has 7 nitrogen and oxygen atoms in total. The Kier molecular flexibility index (Phi) is 8.69. The van der Waals surface area contributed by atoms with Gasteiger partial charge in [-0.1, -0.05) is 20.8 Å². The summed E-state index contributed by atoms with van der Waals surface area (Å²) in [6, 6.07) is 9.62. The first-order valence-electron chi connectivity index (χ1n) is 11.4. The molecule has 0 saturated carbocycles. The Bertz CT molecular complexity index is 917. The molecule has 0 aliphatic heterocycles. The van der Waals surface area contributed by atoms with Gasteiger partial charge in [-0.15, -0.1) is 0 Å². The van der Waals surface area contributed by atoms with Crippen LogP contribution in [0.3, 0.4) is 0 Å². The third-order valence-corrected chi connectivity index (χ3v) is 11.5. The summed E-state index contributed by atoms with van der Waals surface area (Å²) in [7, 11) is 4.05. The molecule has 2 aromatic rings. The first-order valence-corrected chi connectivity index (χ1v) is 14.3. The van der Waals surface area contributed by atoms with E-state index in [1.165, 1.54) is 0 Å². The minimum Gasteiger partial charge on any atom is -0.497 e. The fourth-order valence-corrected chi connectivity index (χ4v) is 5.21.